The molecule has 0 bridgehead atoms. The number of anilines is 1. The number of benzene rings is 1. The van der Waals surface area contributed by atoms with E-state index in [0.29, 0.717) is 30.2 Å². The number of ether oxygens (including phenoxy) is 1. The fraction of sp³-hybridized carbons (Fsp3) is 0.333. The van der Waals surface area contributed by atoms with Crippen molar-refractivity contribution in [3.8, 4) is 11.5 Å². The van der Waals surface area contributed by atoms with Gasteiger partial charge in [0.15, 0.2) is 11.5 Å². The molecule has 1 aliphatic rings. The van der Waals surface area contributed by atoms with Gasteiger partial charge in [-0.3, -0.25) is 5.43 Å². The Morgan fingerprint density at radius 3 is 2.67 bits per heavy atom. The molecule has 2 N–H and O–H groups in total. The first-order valence-corrected chi connectivity index (χ1v) is 10.1. The van der Waals surface area contributed by atoms with Gasteiger partial charge < -0.3 is 9.84 Å². The van der Waals surface area contributed by atoms with Crippen LogP contribution in [-0.4, -0.2) is 49.2 Å². The van der Waals surface area contributed by atoms with E-state index in [2.05, 4.69) is 15.5 Å². The summed E-state index contributed by atoms with van der Waals surface area (Å²) in [4.78, 5) is 4.28. The molecule has 0 atom stereocenters. The lowest BCUT2D eigenvalue weighted by molar-refractivity contribution is 0.346. The summed E-state index contributed by atoms with van der Waals surface area (Å²) in [5, 5.41) is 14.0. The van der Waals surface area contributed by atoms with Crippen molar-refractivity contribution in [3.63, 3.8) is 0 Å². The van der Waals surface area contributed by atoms with Crippen LogP contribution in [0.15, 0.2) is 46.5 Å². The smallest absolute Gasteiger partial charge is 0.244 e. The average molecular weight is 390 g/mol. The van der Waals surface area contributed by atoms with E-state index < -0.39 is 10.0 Å². The molecular formula is C18H22N4O4S. The fourth-order valence-corrected chi connectivity index (χ4v) is 4.29. The third-order valence-corrected chi connectivity index (χ3v) is 6.20. The molecule has 0 spiro atoms. The molecular weight excluding hydrogens is 368 g/mol. The highest BCUT2D eigenvalue weighted by Gasteiger charge is 2.26. The van der Waals surface area contributed by atoms with Crippen LogP contribution in [0.3, 0.4) is 0 Å². The van der Waals surface area contributed by atoms with Crippen LogP contribution in [-0.2, 0) is 10.0 Å². The number of pyridine rings is 1. The molecule has 0 amide bonds. The number of aromatic hydroxyl groups is 1. The van der Waals surface area contributed by atoms with Crippen LogP contribution < -0.4 is 10.2 Å². The molecule has 2 aromatic rings. The Balaban J connectivity index is 1.67. The lowest BCUT2D eigenvalue weighted by Gasteiger charge is -2.25. The Kier molecular flexibility index (Phi) is 5.92. The third-order valence-electron chi connectivity index (χ3n) is 4.32. The minimum absolute atomic E-state index is 0.0125. The second-order valence-electron chi connectivity index (χ2n) is 6.11. The maximum absolute atomic E-state index is 12.6. The molecule has 1 fully saturated rings. The zero-order valence-corrected chi connectivity index (χ0v) is 15.8. The van der Waals surface area contributed by atoms with Gasteiger partial charge >= 0.3 is 0 Å². The number of aromatic nitrogens is 1. The quantitative estimate of drug-likeness (QED) is 0.580. The summed E-state index contributed by atoms with van der Waals surface area (Å²) in [6, 6.07) is 8.13. The lowest BCUT2D eigenvalue weighted by Crippen LogP contribution is -2.35. The summed E-state index contributed by atoms with van der Waals surface area (Å²) in [5.41, 5.74) is 3.19. The van der Waals surface area contributed by atoms with Crippen molar-refractivity contribution in [3.05, 3.63) is 42.1 Å². The normalized spacial score (nSPS) is 15.7. The second-order valence-corrected chi connectivity index (χ2v) is 8.05. The summed E-state index contributed by atoms with van der Waals surface area (Å²) >= 11 is 0. The number of para-hydroxylation sites is 1. The van der Waals surface area contributed by atoms with E-state index in [1.165, 1.54) is 29.9 Å². The van der Waals surface area contributed by atoms with Gasteiger partial charge in [-0.1, -0.05) is 12.5 Å². The zero-order valence-electron chi connectivity index (χ0n) is 15.0. The van der Waals surface area contributed by atoms with E-state index >= 15 is 0 Å². The van der Waals surface area contributed by atoms with Crippen LogP contribution in [0.5, 0.6) is 11.5 Å². The molecule has 1 aromatic carbocycles. The lowest BCUT2D eigenvalue weighted by atomic mass is 10.2. The molecule has 8 nitrogen and oxygen atoms in total. The first-order valence-electron chi connectivity index (χ1n) is 8.63. The first kappa shape index (κ1) is 19.1. The van der Waals surface area contributed by atoms with E-state index in [1.54, 1.807) is 24.3 Å². The Bertz CT molecular complexity index is 907. The Morgan fingerprint density at radius 1 is 1.22 bits per heavy atom. The summed E-state index contributed by atoms with van der Waals surface area (Å²) in [5.74, 6) is 0.733. The third kappa shape index (κ3) is 4.37. The number of sulfonamides is 1. The van der Waals surface area contributed by atoms with Crippen molar-refractivity contribution < 1.29 is 18.3 Å². The molecule has 1 saturated heterocycles. The molecule has 2 heterocycles. The van der Waals surface area contributed by atoms with Crippen molar-refractivity contribution in [2.75, 3.05) is 25.6 Å². The highest BCUT2D eigenvalue weighted by atomic mass is 32.2. The fourth-order valence-electron chi connectivity index (χ4n) is 2.83. The van der Waals surface area contributed by atoms with Gasteiger partial charge in [0.2, 0.25) is 10.0 Å². The van der Waals surface area contributed by atoms with E-state index in [0.717, 1.165) is 19.3 Å². The maximum atomic E-state index is 12.6. The molecule has 27 heavy (non-hydrogen) atoms. The number of piperidine rings is 1. The molecule has 3 rings (SSSR count). The van der Waals surface area contributed by atoms with Crippen molar-refractivity contribution >= 4 is 22.1 Å². The largest absolute Gasteiger partial charge is 0.504 e. The summed E-state index contributed by atoms with van der Waals surface area (Å²) in [6.07, 6.45) is 5.59. The summed E-state index contributed by atoms with van der Waals surface area (Å²) in [6.45, 7) is 1.10. The van der Waals surface area contributed by atoms with Crippen molar-refractivity contribution in [1.82, 2.24) is 9.29 Å². The SMILES string of the molecule is COc1cccc(/C=N/Nc2ccc(S(=O)(=O)N3CCCCC3)cn2)c1O. The van der Waals surface area contributed by atoms with Gasteiger partial charge in [0, 0.05) is 24.8 Å². The van der Waals surface area contributed by atoms with Crippen LogP contribution >= 0.6 is 0 Å². The topological polar surface area (TPSA) is 104 Å². The molecule has 144 valence electrons. The molecule has 0 saturated carbocycles. The zero-order chi connectivity index (χ0) is 19.3. The monoisotopic (exact) mass is 390 g/mol. The number of nitrogens with one attached hydrogen (secondary N) is 1. The van der Waals surface area contributed by atoms with Crippen LogP contribution in [0, 0.1) is 0 Å². The molecule has 0 unspecified atom stereocenters. The Hall–Kier alpha value is -2.65. The van der Waals surface area contributed by atoms with E-state index in [1.807, 2.05) is 0 Å². The minimum atomic E-state index is -3.50. The molecule has 9 heteroatoms. The highest BCUT2D eigenvalue weighted by molar-refractivity contribution is 7.89. The van der Waals surface area contributed by atoms with Crippen LogP contribution in [0.2, 0.25) is 0 Å². The van der Waals surface area contributed by atoms with E-state index in [4.69, 9.17) is 4.74 Å². The Morgan fingerprint density at radius 2 is 2.00 bits per heavy atom. The van der Waals surface area contributed by atoms with Gasteiger partial charge in [0.25, 0.3) is 0 Å². The number of rotatable bonds is 6. The Labute approximate surface area is 158 Å². The van der Waals surface area contributed by atoms with Crippen LogP contribution in [0.4, 0.5) is 5.82 Å². The number of hydrogen-bond acceptors (Lipinski definition) is 7. The van der Waals surface area contributed by atoms with Gasteiger partial charge in [-0.05, 0) is 37.1 Å². The minimum Gasteiger partial charge on any atom is -0.504 e. The standard InChI is InChI=1S/C18H22N4O4S/c1-26-16-7-5-6-14(18(16)23)12-20-21-17-9-8-15(13-19-17)27(24,25)22-10-3-2-4-11-22/h5-9,12-13,23H,2-4,10-11H2,1H3,(H,19,21)/b20-12+. The molecule has 1 aromatic heterocycles. The molecule has 0 aliphatic carbocycles. The van der Waals surface area contributed by atoms with E-state index in [-0.39, 0.29) is 10.6 Å². The number of phenols is 1. The van der Waals surface area contributed by atoms with Gasteiger partial charge in [0.1, 0.15) is 10.7 Å². The number of nitrogens with zero attached hydrogens (tertiary/aromatic N) is 3. The number of hydrazone groups is 1. The average Bonchev–Trinajstić information content (AvgIpc) is 2.70. The van der Waals surface area contributed by atoms with Gasteiger partial charge in [0.05, 0.1) is 13.3 Å². The van der Waals surface area contributed by atoms with Crippen molar-refractivity contribution in [2.24, 2.45) is 5.10 Å². The number of hydrogen-bond donors (Lipinski definition) is 2. The number of methoxy groups -OCH3 is 1. The van der Waals surface area contributed by atoms with Gasteiger partial charge in [-0.2, -0.15) is 9.41 Å². The van der Waals surface area contributed by atoms with Crippen LogP contribution in [0.1, 0.15) is 24.8 Å². The second kappa shape index (κ2) is 8.36. The molecule has 0 radical (unpaired) electrons. The predicted octanol–water partition coefficient (Wildman–Crippen LogP) is 2.42. The van der Waals surface area contributed by atoms with Crippen molar-refractivity contribution in [2.45, 2.75) is 24.2 Å². The first-order chi connectivity index (χ1) is 13.0. The summed E-state index contributed by atoms with van der Waals surface area (Å²) in [7, 11) is -2.03. The van der Waals surface area contributed by atoms with Crippen molar-refractivity contribution in [1.29, 1.82) is 0 Å². The number of phenolic OH excluding ortho intramolecular Hbond substituents is 1. The van der Waals surface area contributed by atoms with Gasteiger partial charge in [-0.25, -0.2) is 13.4 Å². The van der Waals surface area contributed by atoms with Gasteiger partial charge in [-0.15, -0.1) is 0 Å². The highest BCUT2D eigenvalue weighted by Crippen LogP contribution is 2.28. The summed E-state index contributed by atoms with van der Waals surface area (Å²) < 4.78 is 31.7. The predicted molar refractivity (Wildman–Crippen MR) is 103 cm³/mol. The maximum Gasteiger partial charge on any atom is 0.244 e. The molecule has 1 aliphatic heterocycles. The van der Waals surface area contributed by atoms with E-state index in [9.17, 15) is 13.5 Å². The van der Waals surface area contributed by atoms with Crippen LogP contribution in [0.25, 0.3) is 0 Å².